The van der Waals surface area contributed by atoms with Crippen molar-refractivity contribution in [3.63, 3.8) is 0 Å². The first-order valence-electron chi connectivity index (χ1n) is 12.3. The van der Waals surface area contributed by atoms with E-state index < -0.39 is 22.9 Å². The molecule has 0 spiro atoms. The summed E-state index contributed by atoms with van der Waals surface area (Å²) in [4.78, 5) is 32.3. The van der Waals surface area contributed by atoms with Crippen molar-refractivity contribution in [3.8, 4) is 22.6 Å². The number of aliphatic carboxylic acids is 1. The molecule has 3 aromatic rings. The van der Waals surface area contributed by atoms with E-state index in [0.29, 0.717) is 42.3 Å². The highest BCUT2D eigenvalue weighted by molar-refractivity contribution is 5.68. The fourth-order valence-corrected chi connectivity index (χ4v) is 3.42. The van der Waals surface area contributed by atoms with Crippen LogP contribution in [-0.2, 0) is 25.4 Å². The number of nitrogens with zero attached hydrogens (tertiary/aromatic N) is 1. The van der Waals surface area contributed by atoms with Gasteiger partial charge in [-0.3, -0.25) is 14.9 Å². The van der Waals surface area contributed by atoms with Gasteiger partial charge in [-0.25, -0.2) is 9.18 Å². The van der Waals surface area contributed by atoms with Gasteiger partial charge in [-0.05, 0) is 47.9 Å². The minimum absolute atomic E-state index is 0.0380. The minimum Gasteiger partial charge on any atom is -0.491 e. The number of ether oxygens (including phenoxy) is 5. The van der Waals surface area contributed by atoms with E-state index in [2.05, 4.69) is 0 Å². The molecule has 0 saturated carbocycles. The Labute approximate surface area is 229 Å². The zero-order valence-electron chi connectivity index (χ0n) is 21.5. The second kappa shape index (κ2) is 15.8. The van der Waals surface area contributed by atoms with Crippen LogP contribution in [0.5, 0.6) is 11.5 Å². The highest BCUT2D eigenvalue weighted by Gasteiger charge is 2.10. The number of carboxylic acids is 1. The maximum absolute atomic E-state index is 14.5. The first-order chi connectivity index (χ1) is 19.3. The molecule has 0 bridgehead atoms. The molecule has 0 amide bonds. The molecule has 0 saturated heterocycles. The van der Waals surface area contributed by atoms with Gasteiger partial charge in [0.25, 0.3) is 5.69 Å². The summed E-state index contributed by atoms with van der Waals surface area (Å²) in [5.74, 6) is -0.621. The van der Waals surface area contributed by atoms with Crippen LogP contribution < -0.4 is 9.47 Å². The number of carbonyl (C=O) groups excluding carboxylic acids is 1. The van der Waals surface area contributed by atoms with E-state index in [1.165, 1.54) is 30.3 Å². The molecule has 212 valence electrons. The Hall–Kier alpha value is -4.55. The molecule has 12 heteroatoms. The number of nitro benzene ring substituents is 1. The first-order valence-corrected chi connectivity index (χ1v) is 12.3. The standard InChI is InChI=1S/C28H28FNO10/c29-26-19-20(2-12-27(31)32)1-11-25(26)21-3-7-23(8-4-21)38-17-15-36-13-14-37-16-18-39-28(33)40-24-9-5-22(6-10-24)30(34)35/h1,3-11,19H,2,12-18H2,(H,31,32). The third-order valence-corrected chi connectivity index (χ3v) is 5.39. The number of rotatable bonds is 16. The molecule has 0 fully saturated rings. The summed E-state index contributed by atoms with van der Waals surface area (Å²) in [5, 5.41) is 19.4. The lowest BCUT2D eigenvalue weighted by Gasteiger charge is -2.10. The van der Waals surface area contributed by atoms with Crippen molar-refractivity contribution in [2.75, 3.05) is 39.6 Å². The summed E-state index contributed by atoms with van der Waals surface area (Å²) in [6.45, 7) is 1.28. The Balaban J connectivity index is 1.23. The molecule has 0 aliphatic rings. The van der Waals surface area contributed by atoms with Gasteiger partial charge in [0.15, 0.2) is 0 Å². The van der Waals surface area contributed by atoms with Crippen molar-refractivity contribution < 1.29 is 47.7 Å². The van der Waals surface area contributed by atoms with Crippen LogP contribution in [0.3, 0.4) is 0 Å². The Morgan fingerprint density at radius 3 is 2.08 bits per heavy atom. The van der Waals surface area contributed by atoms with Crippen molar-refractivity contribution >= 4 is 17.8 Å². The predicted molar refractivity (Wildman–Crippen MR) is 140 cm³/mol. The monoisotopic (exact) mass is 557 g/mol. The summed E-state index contributed by atoms with van der Waals surface area (Å²) in [6.07, 6.45) is -0.731. The van der Waals surface area contributed by atoms with E-state index in [1.54, 1.807) is 36.4 Å². The van der Waals surface area contributed by atoms with Gasteiger partial charge in [-0.2, -0.15) is 0 Å². The van der Waals surface area contributed by atoms with Gasteiger partial charge in [0, 0.05) is 24.1 Å². The maximum Gasteiger partial charge on any atom is 0.513 e. The fourth-order valence-electron chi connectivity index (χ4n) is 3.42. The zero-order valence-corrected chi connectivity index (χ0v) is 21.5. The molecular weight excluding hydrogens is 529 g/mol. The maximum atomic E-state index is 14.5. The van der Waals surface area contributed by atoms with Crippen molar-refractivity contribution in [1.82, 2.24) is 0 Å². The van der Waals surface area contributed by atoms with Crippen LogP contribution in [0.15, 0.2) is 66.7 Å². The normalized spacial score (nSPS) is 10.6. The third-order valence-electron chi connectivity index (χ3n) is 5.39. The van der Waals surface area contributed by atoms with Gasteiger partial charge >= 0.3 is 12.1 Å². The Morgan fingerprint density at radius 2 is 1.45 bits per heavy atom. The SMILES string of the molecule is O=C(O)CCc1ccc(-c2ccc(OCCOCCOCCOC(=O)Oc3ccc([N+](=O)[O-])cc3)cc2)c(F)c1. The van der Waals surface area contributed by atoms with Gasteiger partial charge in [0.1, 0.15) is 30.5 Å². The van der Waals surface area contributed by atoms with E-state index in [9.17, 15) is 24.1 Å². The molecule has 3 aromatic carbocycles. The van der Waals surface area contributed by atoms with Crippen LogP contribution in [0.4, 0.5) is 14.9 Å². The molecule has 3 rings (SSSR count). The van der Waals surface area contributed by atoms with Crippen LogP contribution in [0.25, 0.3) is 11.1 Å². The lowest BCUT2D eigenvalue weighted by Crippen LogP contribution is -2.16. The van der Waals surface area contributed by atoms with Crippen molar-refractivity contribution in [2.24, 2.45) is 0 Å². The second-order valence-corrected chi connectivity index (χ2v) is 8.26. The molecule has 40 heavy (non-hydrogen) atoms. The number of carboxylic acid groups (broad SMARTS) is 1. The summed E-state index contributed by atoms with van der Waals surface area (Å²) >= 11 is 0. The lowest BCUT2D eigenvalue weighted by atomic mass is 10.0. The van der Waals surface area contributed by atoms with Gasteiger partial charge in [0.2, 0.25) is 0 Å². The lowest BCUT2D eigenvalue weighted by molar-refractivity contribution is -0.384. The quantitative estimate of drug-likeness (QED) is 0.0836. The number of nitro groups is 1. The molecule has 0 heterocycles. The van der Waals surface area contributed by atoms with Crippen LogP contribution in [0, 0.1) is 15.9 Å². The number of hydrogen-bond acceptors (Lipinski definition) is 9. The Bertz CT molecular complexity index is 1270. The Kier molecular flexibility index (Phi) is 11.8. The molecular formula is C28H28FNO10. The number of halogens is 1. The highest BCUT2D eigenvalue weighted by Crippen LogP contribution is 2.26. The van der Waals surface area contributed by atoms with Crippen molar-refractivity contribution in [2.45, 2.75) is 12.8 Å². The molecule has 0 atom stereocenters. The Morgan fingerprint density at radius 1 is 0.825 bits per heavy atom. The molecule has 11 nitrogen and oxygen atoms in total. The third kappa shape index (κ3) is 10.3. The number of aryl methyl sites for hydroxylation is 1. The van der Waals surface area contributed by atoms with Crippen molar-refractivity contribution in [3.05, 3.63) is 88.2 Å². The largest absolute Gasteiger partial charge is 0.513 e. The number of hydrogen-bond donors (Lipinski definition) is 1. The van der Waals surface area contributed by atoms with Gasteiger partial charge < -0.3 is 28.8 Å². The molecule has 0 aliphatic carbocycles. The smallest absolute Gasteiger partial charge is 0.491 e. The number of non-ortho nitro benzene ring substituents is 1. The van der Waals surface area contributed by atoms with Crippen LogP contribution in [-0.4, -0.2) is 61.8 Å². The number of carbonyl (C=O) groups is 2. The molecule has 1 N–H and O–H groups in total. The van der Waals surface area contributed by atoms with Crippen LogP contribution in [0.1, 0.15) is 12.0 Å². The van der Waals surface area contributed by atoms with Crippen LogP contribution in [0.2, 0.25) is 0 Å². The average Bonchev–Trinajstić information content (AvgIpc) is 2.93. The molecule has 0 radical (unpaired) electrons. The fraction of sp³-hybridized carbons (Fsp3) is 0.286. The highest BCUT2D eigenvalue weighted by atomic mass is 19.1. The summed E-state index contributed by atoms with van der Waals surface area (Å²) in [6, 6.07) is 16.7. The van der Waals surface area contributed by atoms with Gasteiger partial charge in [-0.15, -0.1) is 0 Å². The van der Waals surface area contributed by atoms with Crippen molar-refractivity contribution in [1.29, 1.82) is 0 Å². The average molecular weight is 558 g/mol. The van der Waals surface area contributed by atoms with E-state index in [1.807, 2.05) is 0 Å². The molecule has 0 aromatic heterocycles. The van der Waals surface area contributed by atoms with Gasteiger partial charge in [-0.1, -0.05) is 24.3 Å². The molecule has 0 aliphatic heterocycles. The van der Waals surface area contributed by atoms with E-state index in [-0.39, 0.29) is 44.1 Å². The van der Waals surface area contributed by atoms with Crippen LogP contribution >= 0.6 is 0 Å². The zero-order chi connectivity index (χ0) is 28.7. The summed E-state index contributed by atoms with van der Waals surface area (Å²) in [7, 11) is 0. The first kappa shape index (κ1) is 30.0. The summed E-state index contributed by atoms with van der Waals surface area (Å²) in [5.41, 5.74) is 1.60. The van der Waals surface area contributed by atoms with E-state index in [4.69, 9.17) is 28.8 Å². The minimum atomic E-state index is -0.949. The van der Waals surface area contributed by atoms with Gasteiger partial charge in [0.05, 0.1) is 31.4 Å². The van der Waals surface area contributed by atoms with E-state index >= 15 is 0 Å². The number of benzene rings is 3. The molecule has 0 unspecified atom stereocenters. The predicted octanol–water partition coefficient (Wildman–Crippen LogP) is 5.05. The summed E-state index contributed by atoms with van der Waals surface area (Å²) < 4.78 is 40.6. The second-order valence-electron chi connectivity index (χ2n) is 8.26. The van der Waals surface area contributed by atoms with E-state index in [0.717, 1.165) is 0 Å². The topological polar surface area (TPSA) is 144 Å².